The first-order valence-corrected chi connectivity index (χ1v) is 11.3. The largest absolute Gasteiger partial charge is 0.396 e. The van der Waals surface area contributed by atoms with E-state index in [2.05, 4.69) is 73.0 Å². The van der Waals surface area contributed by atoms with Gasteiger partial charge in [0.15, 0.2) is 5.82 Å². The number of aliphatic hydroxyl groups excluding tert-OH is 1. The van der Waals surface area contributed by atoms with Gasteiger partial charge in [-0.25, -0.2) is 9.97 Å². The molecule has 2 heterocycles. The Hall–Kier alpha value is -2.34. The smallest absolute Gasteiger partial charge is 0.159 e. The molecule has 0 saturated carbocycles. The molecule has 164 valence electrons. The van der Waals surface area contributed by atoms with Gasteiger partial charge in [-0.05, 0) is 22.6 Å². The van der Waals surface area contributed by atoms with Crippen molar-refractivity contribution in [3.8, 4) is 11.4 Å². The minimum Gasteiger partial charge on any atom is -0.396 e. The highest BCUT2D eigenvalue weighted by Gasteiger charge is 2.29. The van der Waals surface area contributed by atoms with Crippen LogP contribution in [-0.2, 0) is 6.54 Å². The Morgan fingerprint density at radius 3 is 2.48 bits per heavy atom. The summed E-state index contributed by atoms with van der Waals surface area (Å²) in [7, 11) is 0. The summed E-state index contributed by atoms with van der Waals surface area (Å²) < 4.78 is 0. The third kappa shape index (κ3) is 5.48. The van der Waals surface area contributed by atoms with Crippen LogP contribution in [0.25, 0.3) is 22.2 Å². The van der Waals surface area contributed by atoms with E-state index < -0.39 is 0 Å². The molecule has 0 spiro atoms. The summed E-state index contributed by atoms with van der Waals surface area (Å²) in [5.41, 5.74) is 2.47. The van der Waals surface area contributed by atoms with Gasteiger partial charge < -0.3 is 5.11 Å². The van der Waals surface area contributed by atoms with Gasteiger partial charge in [0.05, 0.1) is 0 Å². The van der Waals surface area contributed by atoms with Crippen LogP contribution in [0.3, 0.4) is 0 Å². The first kappa shape index (κ1) is 21.9. The average molecular weight is 419 g/mol. The van der Waals surface area contributed by atoms with Crippen LogP contribution in [0.2, 0.25) is 0 Å². The van der Waals surface area contributed by atoms with Gasteiger partial charge in [0, 0.05) is 68.9 Å². The number of rotatable bonds is 6. The number of hydrogen-bond donors (Lipinski definition) is 1. The third-order valence-electron chi connectivity index (χ3n) is 5.97. The van der Waals surface area contributed by atoms with Crippen molar-refractivity contribution in [1.82, 2.24) is 19.8 Å². The standard InChI is InChI=1S/C26H34N4O/c1-26(2,3)19-30-13-12-29(18-22(30)11-14-31)17-20-15-27-25(28-16-20)24-10-6-8-21-7-4-5-9-23(21)24/h4-10,15-16,22,31H,11-14,17-19H2,1-3H3/t22-/m0/s1. The molecule has 0 aliphatic carbocycles. The van der Waals surface area contributed by atoms with Crippen LogP contribution in [0, 0.1) is 5.41 Å². The molecule has 5 nitrogen and oxygen atoms in total. The number of fused-ring (bicyclic) bond motifs is 1. The summed E-state index contributed by atoms with van der Waals surface area (Å²) in [6, 6.07) is 15.0. The minimum atomic E-state index is 0.238. The fourth-order valence-corrected chi connectivity index (χ4v) is 4.60. The molecular weight excluding hydrogens is 384 g/mol. The Kier molecular flexibility index (Phi) is 6.65. The average Bonchev–Trinajstić information content (AvgIpc) is 2.75. The lowest BCUT2D eigenvalue weighted by Gasteiger charge is -2.43. The molecule has 1 N–H and O–H groups in total. The van der Waals surface area contributed by atoms with E-state index in [1.807, 2.05) is 12.4 Å². The van der Waals surface area contributed by atoms with Crippen LogP contribution in [0.15, 0.2) is 54.9 Å². The number of piperazine rings is 1. The second-order valence-corrected chi connectivity index (χ2v) is 9.87. The van der Waals surface area contributed by atoms with Crippen molar-refractivity contribution in [1.29, 1.82) is 0 Å². The molecule has 4 rings (SSSR count). The molecule has 1 aromatic heterocycles. The fraction of sp³-hybridized carbons (Fsp3) is 0.462. The molecule has 5 heteroatoms. The van der Waals surface area contributed by atoms with E-state index in [9.17, 15) is 5.11 Å². The Morgan fingerprint density at radius 2 is 1.74 bits per heavy atom. The molecule has 1 fully saturated rings. The van der Waals surface area contributed by atoms with Gasteiger partial charge in [0.1, 0.15) is 0 Å². The maximum atomic E-state index is 9.56. The monoisotopic (exact) mass is 418 g/mol. The molecule has 1 atom stereocenters. The van der Waals surface area contributed by atoms with E-state index in [1.54, 1.807) is 0 Å². The Morgan fingerprint density at radius 1 is 1.00 bits per heavy atom. The quantitative estimate of drug-likeness (QED) is 0.650. The molecule has 31 heavy (non-hydrogen) atoms. The first-order chi connectivity index (χ1) is 14.9. The molecule has 2 aromatic carbocycles. The first-order valence-electron chi connectivity index (χ1n) is 11.3. The second kappa shape index (κ2) is 9.43. The van der Waals surface area contributed by atoms with Crippen LogP contribution in [0.5, 0.6) is 0 Å². The van der Waals surface area contributed by atoms with Crippen molar-refractivity contribution in [2.75, 3.05) is 32.8 Å². The SMILES string of the molecule is CC(C)(C)CN1CCN(Cc2cnc(-c3cccc4ccccc34)nc2)C[C@@H]1CCO. The highest BCUT2D eigenvalue weighted by Crippen LogP contribution is 2.26. The second-order valence-electron chi connectivity index (χ2n) is 9.87. The van der Waals surface area contributed by atoms with Crippen molar-refractivity contribution in [3.63, 3.8) is 0 Å². The zero-order valence-corrected chi connectivity index (χ0v) is 19.0. The van der Waals surface area contributed by atoms with E-state index >= 15 is 0 Å². The zero-order chi connectivity index (χ0) is 21.8. The van der Waals surface area contributed by atoms with Crippen LogP contribution in [0.4, 0.5) is 0 Å². The summed E-state index contributed by atoms with van der Waals surface area (Å²) >= 11 is 0. The van der Waals surface area contributed by atoms with Crippen molar-refractivity contribution in [3.05, 3.63) is 60.4 Å². The molecule has 0 radical (unpaired) electrons. The van der Waals surface area contributed by atoms with E-state index in [0.717, 1.165) is 56.1 Å². The Labute approximate surface area is 185 Å². The summed E-state index contributed by atoms with van der Waals surface area (Å²) in [4.78, 5) is 14.4. The minimum absolute atomic E-state index is 0.238. The predicted molar refractivity (Wildman–Crippen MR) is 127 cm³/mol. The summed E-state index contributed by atoms with van der Waals surface area (Å²) in [6.45, 7) is 12.0. The van der Waals surface area contributed by atoms with Crippen LogP contribution >= 0.6 is 0 Å². The predicted octanol–water partition coefficient (Wildman–Crippen LogP) is 4.21. The van der Waals surface area contributed by atoms with Gasteiger partial charge in [0.2, 0.25) is 0 Å². The molecular formula is C26H34N4O. The van der Waals surface area contributed by atoms with Crippen molar-refractivity contribution >= 4 is 10.8 Å². The normalized spacial score (nSPS) is 18.5. The van der Waals surface area contributed by atoms with Crippen molar-refractivity contribution in [2.24, 2.45) is 5.41 Å². The highest BCUT2D eigenvalue weighted by atomic mass is 16.3. The van der Waals surface area contributed by atoms with E-state index in [4.69, 9.17) is 9.97 Å². The van der Waals surface area contributed by atoms with Gasteiger partial charge in [-0.3, -0.25) is 9.80 Å². The van der Waals surface area contributed by atoms with Gasteiger partial charge >= 0.3 is 0 Å². The lowest BCUT2D eigenvalue weighted by Crippen LogP contribution is -2.54. The summed E-state index contributed by atoms with van der Waals surface area (Å²) in [5.74, 6) is 0.772. The molecule has 1 saturated heterocycles. The van der Waals surface area contributed by atoms with Crippen molar-refractivity contribution < 1.29 is 5.11 Å². The number of aromatic nitrogens is 2. The van der Waals surface area contributed by atoms with Gasteiger partial charge in [-0.1, -0.05) is 63.2 Å². The fourth-order valence-electron chi connectivity index (χ4n) is 4.60. The number of nitrogens with zero attached hydrogens (tertiary/aromatic N) is 4. The summed E-state index contributed by atoms with van der Waals surface area (Å²) in [5, 5.41) is 11.9. The lowest BCUT2D eigenvalue weighted by molar-refractivity contribution is 0.0339. The van der Waals surface area contributed by atoms with Gasteiger partial charge in [-0.15, -0.1) is 0 Å². The molecule has 1 aliphatic heterocycles. The van der Waals surface area contributed by atoms with Crippen LogP contribution in [0.1, 0.15) is 32.8 Å². The Balaban J connectivity index is 1.44. The molecule has 3 aromatic rings. The molecule has 0 unspecified atom stereocenters. The zero-order valence-electron chi connectivity index (χ0n) is 19.0. The highest BCUT2D eigenvalue weighted by molar-refractivity contribution is 5.94. The summed E-state index contributed by atoms with van der Waals surface area (Å²) in [6.07, 6.45) is 4.75. The van der Waals surface area contributed by atoms with Crippen molar-refractivity contribution in [2.45, 2.75) is 39.8 Å². The van der Waals surface area contributed by atoms with Crippen LogP contribution < -0.4 is 0 Å². The van der Waals surface area contributed by atoms with E-state index in [-0.39, 0.29) is 12.0 Å². The molecule has 0 bridgehead atoms. The lowest BCUT2D eigenvalue weighted by atomic mass is 9.94. The number of benzene rings is 2. The van der Waals surface area contributed by atoms with Gasteiger partial charge in [-0.2, -0.15) is 0 Å². The topological polar surface area (TPSA) is 52.5 Å². The maximum absolute atomic E-state index is 9.56. The van der Waals surface area contributed by atoms with E-state index in [0.29, 0.717) is 6.04 Å². The van der Waals surface area contributed by atoms with E-state index in [1.165, 1.54) is 10.8 Å². The molecule has 0 amide bonds. The van der Waals surface area contributed by atoms with Crippen LogP contribution in [-0.4, -0.2) is 63.7 Å². The number of aliphatic hydroxyl groups is 1. The number of hydrogen-bond acceptors (Lipinski definition) is 5. The maximum Gasteiger partial charge on any atom is 0.159 e. The third-order valence-corrected chi connectivity index (χ3v) is 5.97. The Bertz CT molecular complexity index is 991. The molecule has 1 aliphatic rings. The van der Waals surface area contributed by atoms with Gasteiger partial charge in [0.25, 0.3) is 0 Å².